The van der Waals surface area contributed by atoms with Crippen LogP contribution in [0.1, 0.15) is 16.7 Å². The molecule has 11 heteroatoms. The van der Waals surface area contributed by atoms with Crippen molar-refractivity contribution in [3.05, 3.63) is 65.2 Å². The van der Waals surface area contributed by atoms with E-state index in [1.54, 1.807) is 35.2 Å². The van der Waals surface area contributed by atoms with Crippen LogP contribution in [-0.4, -0.2) is 52.6 Å². The number of amides is 2. The van der Waals surface area contributed by atoms with E-state index in [9.17, 15) is 26.4 Å². The zero-order valence-corrected chi connectivity index (χ0v) is 18.3. The van der Waals surface area contributed by atoms with Gasteiger partial charge in [0.1, 0.15) is 0 Å². The van der Waals surface area contributed by atoms with E-state index < -0.39 is 21.8 Å². The van der Waals surface area contributed by atoms with Gasteiger partial charge in [0.2, 0.25) is 10.0 Å². The first-order valence-electron chi connectivity index (χ1n) is 10.0. The Morgan fingerprint density at radius 3 is 2.22 bits per heavy atom. The number of carbonyl (C=O) groups is 1. The molecule has 2 aromatic rings. The number of sulfonamides is 1. The molecule has 2 aromatic carbocycles. The van der Waals surface area contributed by atoms with Gasteiger partial charge in [0.25, 0.3) is 0 Å². The lowest BCUT2D eigenvalue weighted by Crippen LogP contribution is -2.51. The van der Waals surface area contributed by atoms with Crippen LogP contribution in [0.2, 0.25) is 0 Å². The van der Waals surface area contributed by atoms with Crippen molar-refractivity contribution < 1.29 is 26.4 Å². The summed E-state index contributed by atoms with van der Waals surface area (Å²) in [6.07, 6.45) is -4.39. The maximum atomic E-state index is 12.9. The van der Waals surface area contributed by atoms with Gasteiger partial charge in [-0.25, -0.2) is 17.9 Å². The molecule has 0 saturated carbocycles. The van der Waals surface area contributed by atoms with Gasteiger partial charge in [-0.3, -0.25) is 0 Å². The summed E-state index contributed by atoms with van der Waals surface area (Å²) < 4.78 is 64.2. The van der Waals surface area contributed by atoms with Crippen molar-refractivity contribution >= 4 is 21.7 Å². The van der Waals surface area contributed by atoms with Crippen molar-refractivity contribution in [2.45, 2.75) is 18.5 Å². The molecule has 0 aromatic heterocycles. The minimum atomic E-state index is -4.39. The number of urea groups is 1. The smallest absolute Gasteiger partial charge is 0.368 e. The third kappa shape index (κ3) is 6.36. The molecule has 174 valence electrons. The van der Waals surface area contributed by atoms with E-state index in [-0.39, 0.29) is 18.3 Å². The van der Waals surface area contributed by atoms with Crippen LogP contribution in [0.3, 0.4) is 0 Å². The predicted molar refractivity (Wildman–Crippen MR) is 116 cm³/mol. The molecular formula is C21H25F3N4O3S. The Labute approximate surface area is 185 Å². The largest absolute Gasteiger partial charge is 0.416 e. The molecular weight excluding hydrogens is 445 g/mol. The first kappa shape index (κ1) is 23.9. The summed E-state index contributed by atoms with van der Waals surface area (Å²) in [5, 5.41) is 2.82. The normalized spacial score (nSPS) is 15.0. The fourth-order valence-corrected chi connectivity index (χ4v) is 4.16. The second kappa shape index (κ2) is 9.78. The summed E-state index contributed by atoms with van der Waals surface area (Å²) in [7, 11) is -1.99. The number of nitrogens with zero attached hydrogens (tertiary/aromatic N) is 2. The van der Waals surface area contributed by atoms with Crippen LogP contribution in [0.25, 0.3) is 0 Å². The van der Waals surface area contributed by atoms with E-state index in [2.05, 4.69) is 10.0 Å². The van der Waals surface area contributed by atoms with Crippen molar-refractivity contribution in [2.24, 2.45) is 0 Å². The van der Waals surface area contributed by atoms with Crippen molar-refractivity contribution in [1.82, 2.24) is 14.9 Å². The van der Waals surface area contributed by atoms with E-state index in [4.69, 9.17) is 0 Å². The molecule has 2 amide bonds. The third-order valence-electron chi connectivity index (χ3n) is 5.24. The number of nitrogens with one attached hydrogen (secondary N) is 2. The molecule has 0 atom stereocenters. The summed E-state index contributed by atoms with van der Waals surface area (Å²) in [4.78, 5) is 15.9. The standard InChI is InChI=1S/C21H25F3N4O3S/c1-25-32(30,31)15-17-7-5-16(6-8-17)14-26-20(29)28-11-9-27(10-12-28)19-4-2-3-18(13-19)21(22,23)24/h2-8,13,25H,9-12,14-15H2,1H3,(H,26,29). The molecule has 1 aliphatic heterocycles. The highest BCUT2D eigenvalue weighted by atomic mass is 32.2. The van der Waals surface area contributed by atoms with Gasteiger partial charge in [-0.1, -0.05) is 30.3 Å². The van der Waals surface area contributed by atoms with Crippen molar-refractivity contribution in [2.75, 3.05) is 38.1 Å². The first-order valence-corrected chi connectivity index (χ1v) is 11.7. The van der Waals surface area contributed by atoms with Gasteiger partial charge in [-0.2, -0.15) is 13.2 Å². The zero-order chi connectivity index (χ0) is 23.4. The highest BCUT2D eigenvalue weighted by Gasteiger charge is 2.31. The van der Waals surface area contributed by atoms with Crippen LogP contribution in [-0.2, 0) is 28.5 Å². The maximum absolute atomic E-state index is 12.9. The summed E-state index contributed by atoms with van der Waals surface area (Å²) >= 11 is 0. The molecule has 1 heterocycles. The quantitative estimate of drug-likeness (QED) is 0.681. The molecule has 0 unspecified atom stereocenters. The number of rotatable bonds is 6. The van der Waals surface area contributed by atoms with Gasteiger partial charge < -0.3 is 15.1 Å². The highest BCUT2D eigenvalue weighted by Crippen LogP contribution is 2.31. The molecule has 7 nitrogen and oxygen atoms in total. The minimum Gasteiger partial charge on any atom is -0.368 e. The highest BCUT2D eigenvalue weighted by molar-refractivity contribution is 7.88. The predicted octanol–water partition coefficient (Wildman–Crippen LogP) is 2.79. The summed E-state index contributed by atoms with van der Waals surface area (Å²) in [6, 6.07) is 11.8. The maximum Gasteiger partial charge on any atom is 0.416 e. The summed E-state index contributed by atoms with van der Waals surface area (Å²) in [5.41, 5.74) is 1.26. The SMILES string of the molecule is CNS(=O)(=O)Cc1ccc(CNC(=O)N2CCN(c3cccc(C(F)(F)F)c3)CC2)cc1. The molecule has 1 saturated heterocycles. The van der Waals surface area contributed by atoms with Gasteiger partial charge in [0.05, 0.1) is 11.3 Å². The lowest BCUT2D eigenvalue weighted by molar-refractivity contribution is -0.137. The second-order valence-corrected chi connectivity index (χ2v) is 9.39. The first-order chi connectivity index (χ1) is 15.1. The molecule has 1 aliphatic rings. The Balaban J connectivity index is 1.49. The third-order valence-corrected chi connectivity index (χ3v) is 6.58. The fraction of sp³-hybridized carbons (Fsp3) is 0.381. The number of benzene rings is 2. The molecule has 1 fully saturated rings. The number of anilines is 1. The molecule has 0 aliphatic carbocycles. The van der Waals surface area contributed by atoms with Gasteiger partial charge in [-0.15, -0.1) is 0 Å². The number of hydrogen-bond donors (Lipinski definition) is 2. The average molecular weight is 471 g/mol. The van der Waals surface area contributed by atoms with Crippen molar-refractivity contribution in [1.29, 1.82) is 0 Å². The molecule has 0 bridgehead atoms. The Bertz CT molecular complexity index is 1040. The van der Waals surface area contributed by atoms with Crippen LogP contribution in [0.15, 0.2) is 48.5 Å². The molecule has 0 radical (unpaired) electrons. The minimum absolute atomic E-state index is 0.119. The molecule has 2 N–H and O–H groups in total. The number of carbonyl (C=O) groups excluding carboxylic acids is 1. The summed E-state index contributed by atoms with van der Waals surface area (Å²) in [5.74, 6) is -0.119. The Hall–Kier alpha value is -2.79. The number of halogens is 3. The number of piperazine rings is 1. The lowest BCUT2D eigenvalue weighted by atomic mass is 10.1. The Morgan fingerprint density at radius 1 is 1.00 bits per heavy atom. The van der Waals surface area contributed by atoms with Crippen molar-refractivity contribution in [3.63, 3.8) is 0 Å². The van der Waals surface area contributed by atoms with Gasteiger partial charge in [-0.05, 0) is 36.4 Å². The Morgan fingerprint density at radius 2 is 1.62 bits per heavy atom. The van der Waals surface area contributed by atoms with E-state index in [0.717, 1.165) is 17.7 Å². The van der Waals surface area contributed by atoms with E-state index in [0.29, 0.717) is 37.4 Å². The molecule has 3 rings (SSSR count). The topological polar surface area (TPSA) is 81.8 Å². The Kier molecular flexibility index (Phi) is 7.29. The van der Waals surface area contributed by atoms with Crippen LogP contribution in [0.5, 0.6) is 0 Å². The fourth-order valence-electron chi connectivity index (χ4n) is 3.38. The van der Waals surface area contributed by atoms with Gasteiger partial charge in [0.15, 0.2) is 0 Å². The van der Waals surface area contributed by atoms with Gasteiger partial charge in [0, 0.05) is 38.4 Å². The van der Waals surface area contributed by atoms with Crippen LogP contribution < -0.4 is 14.9 Å². The zero-order valence-electron chi connectivity index (χ0n) is 17.5. The van der Waals surface area contributed by atoms with Crippen LogP contribution in [0, 0.1) is 0 Å². The van der Waals surface area contributed by atoms with E-state index in [1.165, 1.54) is 13.1 Å². The number of hydrogen-bond acceptors (Lipinski definition) is 4. The van der Waals surface area contributed by atoms with Crippen molar-refractivity contribution in [3.8, 4) is 0 Å². The molecule has 32 heavy (non-hydrogen) atoms. The summed E-state index contributed by atoms with van der Waals surface area (Å²) in [6.45, 7) is 1.93. The van der Waals surface area contributed by atoms with Gasteiger partial charge >= 0.3 is 12.2 Å². The number of alkyl halides is 3. The average Bonchev–Trinajstić information content (AvgIpc) is 2.78. The van der Waals surface area contributed by atoms with E-state index in [1.807, 2.05) is 4.90 Å². The van der Waals surface area contributed by atoms with Crippen LogP contribution in [0.4, 0.5) is 23.7 Å². The lowest BCUT2D eigenvalue weighted by Gasteiger charge is -2.36. The monoisotopic (exact) mass is 470 g/mol. The van der Waals surface area contributed by atoms with Crippen LogP contribution >= 0.6 is 0 Å². The second-order valence-electron chi connectivity index (χ2n) is 7.46. The molecule has 0 spiro atoms. The van der Waals surface area contributed by atoms with E-state index >= 15 is 0 Å².